The molecule has 76 valence electrons. The molecule has 1 aliphatic heterocycles. The lowest BCUT2D eigenvalue weighted by Crippen LogP contribution is -2.34. The van der Waals surface area contributed by atoms with Crippen molar-refractivity contribution in [2.24, 2.45) is 5.92 Å². The molecule has 0 aromatic rings. The van der Waals surface area contributed by atoms with Crippen molar-refractivity contribution in [3.63, 3.8) is 0 Å². The van der Waals surface area contributed by atoms with Crippen LogP contribution in [-0.4, -0.2) is 24.5 Å². The Balaban J connectivity index is 1.68. The summed E-state index contributed by atoms with van der Waals surface area (Å²) in [5.41, 5.74) is 0. The van der Waals surface area contributed by atoms with Crippen molar-refractivity contribution >= 4 is 0 Å². The summed E-state index contributed by atoms with van der Waals surface area (Å²) < 4.78 is 0. The molecule has 0 atom stereocenters. The van der Waals surface area contributed by atoms with Gasteiger partial charge in [0.25, 0.3) is 0 Å². The molecule has 1 heterocycles. The zero-order chi connectivity index (χ0) is 8.93. The molecule has 1 nitrogen and oxygen atoms in total. The van der Waals surface area contributed by atoms with Crippen molar-refractivity contribution in [2.75, 3.05) is 19.6 Å². The van der Waals surface area contributed by atoms with Crippen LogP contribution in [0.1, 0.15) is 51.4 Å². The first-order valence-corrected chi connectivity index (χ1v) is 6.17. The fourth-order valence-corrected chi connectivity index (χ4v) is 2.54. The zero-order valence-corrected chi connectivity index (χ0v) is 8.80. The maximum absolute atomic E-state index is 2.73. The Morgan fingerprint density at radius 1 is 0.769 bits per heavy atom. The van der Waals surface area contributed by atoms with Gasteiger partial charge in [-0.25, -0.2) is 0 Å². The lowest BCUT2D eigenvalue weighted by atomic mass is 9.85. The smallest absolute Gasteiger partial charge is 0.000965 e. The quantitative estimate of drug-likeness (QED) is 0.633. The predicted octanol–water partition coefficient (Wildman–Crippen LogP) is 3.05. The van der Waals surface area contributed by atoms with E-state index < -0.39 is 0 Å². The van der Waals surface area contributed by atoms with Gasteiger partial charge in [-0.3, -0.25) is 0 Å². The lowest BCUT2D eigenvalue weighted by molar-refractivity contribution is 0.166. The van der Waals surface area contributed by atoms with Crippen LogP contribution < -0.4 is 0 Å². The first-order chi connectivity index (χ1) is 6.45. The summed E-state index contributed by atoms with van der Waals surface area (Å²) in [6.45, 7) is 4.19. The molecule has 0 unspecified atom stereocenters. The number of nitrogens with zero attached hydrogens (tertiary/aromatic N) is 1. The fourth-order valence-electron chi connectivity index (χ4n) is 2.54. The van der Waals surface area contributed by atoms with Crippen molar-refractivity contribution in [1.82, 2.24) is 4.90 Å². The minimum Gasteiger partial charge on any atom is -0.303 e. The van der Waals surface area contributed by atoms with Crippen LogP contribution >= 0.6 is 0 Å². The van der Waals surface area contributed by atoms with Crippen LogP contribution in [0.4, 0.5) is 0 Å². The molecule has 0 aromatic heterocycles. The first kappa shape index (κ1) is 9.51. The van der Waals surface area contributed by atoms with Gasteiger partial charge in [-0.05, 0) is 44.7 Å². The number of hydrogen-bond acceptors (Lipinski definition) is 1. The van der Waals surface area contributed by atoms with E-state index in [1.165, 1.54) is 71.0 Å². The van der Waals surface area contributed by atoms with Crippen LogP contribution in [-0.2, 0) is 0 Å². The fraction of sp³-hybridized carbons (Fsp3) is 1.00. The highest BCUT2D eigenvalue weighted by atomic mass is 15.1. The summed E-state index contributed by atoms with van der Waals surface area (Å²) in [5, 5.41) is 0. The van der Waals surface area contributed by atoms with Crippen molar-refractivity contribution in [1.29, 1.82) is 0 Å². The number of likely N-dealkylation sites (tertiary alicyclic amines) is 1. The van der Waals surface area contributed by atoms with Crippen LogP contribution in [0.3, 0.4) is 0 Å². The topological polar surface area (TPSA) is 3.24 Å². The molecule has 13 heavy (non-hydrogen) atoms. The Bertz CT molecular complexity index is 132. The van der Waals surface area contributed by atoms with Crippen molar-refractivity contribution in [3.8, 4) is 0 Å². The van der Waals surface area contributed by atoms with Crippen molar-refractivity contribution in [3.05, 3.63) is 0 Å². The third-order valence-corrected chi connectivity index (χ3v) is 3.69. The van der Waals surface area contributed by atoms with E-state index in [0.29, 0.717) is 0 Å². The average Bonchev–Trinajstić information content (AvgIpc) is 1.99. The second-order valence-electron chi connectivity index (χ2n) is 4.87. The average molecular weight is 181 g/mol. The molecular weight excluding hydrogens is 158 g/mol. The van der Waals surface area contributed by atoms with Gasteiger partial charge < -0.3 is 4.90 Å². The second kappa shape index (κ2) is 4.99. The minimum atomic E-state index is 1.07. The molecule has 0 amide bonds. The summed E-state index contributed by atoms with van der Waals surface area (Å²) >= 11 is 0. The van der Waals surface area contributed by atoms with E-state index >= 15 is 0 Å². The standard InChI is InChI=1S/C12H23N/c1-2-4-9-13(10-5-3-1)11-12-7-6-8-12/h12H,1-11H2. The van der Waals surface area contributed by atoms with Gasteiger partial charge in [-0.15, -0.1) is 0 Å². The summed E-state index contributed by atoms with van der Waals surface area (Å²) in [7, 11) is 0. The molecule has 2 aliphatic rings. The Morgan fingerprint density at radius 2 is 1.38 bits per heavy atom. The third-order valence-electron chi connectivity index (χ3n) is 3.69. The maximum atomic E-state index is 2.73. The van der Waals surface area contributed by atoms with E-state index in [4.69, 9.17) is 0 Å². The van der Waals surface area contributed by atoms with E-state index in [-0.39, 0.29) is 0 Å². The number of hydrogen-bond donors (Lipinski definition) is 0. The molecule has 2 rings (SSSR count). The summed E-state index contributed by atoms with van der Waals surface area (Å²) in [4.78, 5) is 2.73. The molecule has 2 fully saturated rings. The summed E-state index contributed by atoms with van der Waals surface area (Å²) in [6, 6.07) is 0. The molecule has 0 spiro atoms. The lowest BCUT2D eigenvalue weighted by Gasteiger charge is -2.33. The molecule has 0 N–H and O–H groups in total. The third kappa shape index (κ3) is 2.98. The molecule has 0 radical (unpaired) electrons. The van der Waals surface area contributed by atoms with Gasteiger partial charge in [0, 0.05) is 6.54 Å². The molecular formula is C12H23N. The summed E-state index contributed by atoms with van der Waals surface area (Å²) in [5.74, 6) is 1.07. The predicted molar refractivity (Wildman–Crippen MR) is 56.9 cm³/mol. The summed E-state index contributed by atoms with van der Waals surface area (Å²) in [6.07, 6.45) is 11.9. The molecule has 1 heteroatoms. The van der Waals surface area contributed by atoms with E-state index in [2.05, 4.69) is 4.90 Å². The Labute approximate surface area is 82.5 Å². The SMILES string of the molecule is C1CCCN(CC2CCC2)CCC1. The largest absolute Gasteiger partial charge is 0.303 e. The first-order valence-electron chi connectivity index (χ1n) is 6.17. The van der Waals surface area contributed by atoms with Crippen molar-refractivity contribution in [2.45, 2.75) is 51.4 Å². The highest BCUT2D eigenvalue weighted by Gasteiger charge is 2.20. The highest BCUT2D eigenvalue weighted by Crippen LogP contribution is 2.27. The Hall–Kier alpha value is -0.0400. The highest BCUT2D eigenvalue weighted by molar-refractivity contribution is 4.74. The maximum Gasteiger partial charge on any atom is 0.000965 e. The monoisotopic (exact) mass is 181 g/mol. The van der Waals surface area contributed by atoms with Crippen LogP contribution in [0.5, 0.6) is 0 Å². The van der Waals surface area contributed by atoms with Gasteiger partial charge in [-0.2, -0.15) is 0 Å². The zero-order valence-electron chi connectivity index (χ0n) is 8.80. The molecule has 1 saturated carbocycles. The van der Waals surface area contributed by atoms with Crippen LogP contribution in [0, 0.1) is 5.92 Å². The van der Waals surface area contributed by atoms with Crippen LogP contribution in [0.15, 0.2) is 0 Å². The van der Waals surface area contributed by atoms with E-state index in [1.54, 1.807) is 0 Å². The second-order valence-corrected chi connectivity index (χ2v) is 4.87. The molecule has 1 aliphatic carbocycles. The van der Waals surface area contributed by atoms with Gasteiger partial charge in [0.05, 0.1) is 0 Å². The minimum absolute atomic E-state index is 1.07. The molecule has 1 saturated heterocycles. The van der Waals surface area contributed by atoms with Crippen LogP contribution in [0.25, 0.3) is 0 Å². The van der Waals surface area contributed by atoms with Gasteiger partial charge in [0.1, 0.15) is 0 Å². The van der Waals surface area contributed by atoms with Gasteiger partial charge in [0.15, 0.2) is 0 Å². The van der Waals surface area contributed by atoms with Gasteiger partial charge in [-0.1, -0.05) is 25.7 Å². The normalized spacial score (nSPS) is 27.7. The van der Waals surface area contributed by atoms with E-state index in [0.717, 1.165) is 5.92 Å². The number of rotatable bonds is 2. The Kier molecular flexibility index (Phi) is 3.65. The van der Waals surface area contributed by atoms with E-state index in [9.17, 15) is 0 Å². The van der Waals surface area contributed by atoms with Gasteiger partial charge >= 0.3 is 0 Å². The molecule has 0 bridgehead atoms. The molecule has 0 aromatic carbocycles. The Morgan fingerprint density at radius 3 is 1.92 bits per heavy atom. The van der Waals surface area contributed by atoms with Gasteiger partial charge in [0.2, 0.25) is 0 Å². The van der Waals surface area contributed by atoms with Crippen LogP contribution in [0.2, 0.25) is 0 Å². The van der Waals surface area contributed by atoms with Crippen molar-refractivity contribution < 1.29 is 0 Å². The van der Waals surface area contributed by atoms with E-state index in [1.807, 2.05) is 0 Å².